The summed E-state index contributed by atoms with van der Waals surface area (Å²) in [6.07, 6.45) is 1.53. The Kier molecular flexibility index (Phi) is 6.04. The Labute approximate surface area is 153 Å². The molecule has 1 aliphatic heterocycles. The van der Waals surface area contributed by atoms with E-state index in [0.717, 1.165) is 24.2 Å². The summed E-state index contributed by atoms with van der Waals surface area (Å²) < 4.78 is 0. The number of halogens is 1. The molecule has 1 atom stereocenters. The third-order valence-electron chi connectivity index (χ3n) is 4.27. The van der Waals surface area contributed by atoms with Gasteiger partial charge in [0.1, 0.15) is 0 Å². The number of nitrogens with one attached hydrogen (secondary N) is 1. The van der Waals surface area contributed by atoms with E-state index < -0.39 is 0 Å². The van der Waals surface area contributed by atoms with Crippen LogP contribution in [0.15, 0.2) is 48.5 Å². The van der Waals surface area contributed by atoms with Gasteiger partial charge in [0.15, 0.2) is 0 Å². The van der Waals surface area contributed by atoms with Crippen LogP contribution in [0.3, 0.4) is 0 Å². The fourth-order valence-corrected chi connectivity index (χ4v) is 2.91. The minimum absolute atomic E-state index is 0. The molecule has 6 heteroatoms. The van der Waals surface area contributed by atoms with Gasteiger partial charge in [0, 0.05) is 29.9 Å². The summed E-state index contributed by atoms with van der Waals surface area (Å²) in [6.45, 7) is 2.71. The number of nitrogen functional groups attached to an aromatic ring is 1. The van der Waals surface area contributed by atoms with Gasteiger partial charge in [-0.3, -0.25) is 9.59 Å². The van der Waals surface area contributed by atoms with E-state index in [-0.39, 0.29) is 30.3 Å². The molecule has 0 bridgehead atoms. The number of benzene rings is 2. The number of anilines is 2. The summed E-state index contributed by atoms with van der Waals surface area (Å²) in [5, 5.41) is 2.96. The Balaban J connectivity index is 0.00000225. The zero-order valence-electron chi connectivity index (χ0n) is 14.1. The first kappa shape index (κ1) is 18.8. The number of hydrogen-bond acceptors (Lipinski definition) is 3. The van der Waals surface area contributed by atoms with E-state index in [1.165, 1.54) is 0 Å². The van der Waals surface area contributed by atoms with Crippen LogP contribution >= 0.6 is 12.4 Å². The van der Waals surface area contributed by atoms with Gasteiger partial charge in [-0.05, 0) is 49.2 Å². The number of hydrogen-bond donors (Lipinski definition) is 2. The Bertz CT molecular complexity index is 762. The van der Waals surface area contributed by atoms with Crippen molar-refractivity contribution in [3.63, 3.8) is 0 Å². The Morgan fingerprint density at radius 3 is 2.52 bits per heavy atom. The molecule has 3 N–H and O–H groups in total. The standard InChI is InChI=1S/C19H21N3O2.ClH/c1-13(21-19(24)15-4-2-5-16(20)12-15)14-7-9-17(10-8-14)22-11-3-6-18(22)23;/h2,4-5,7-10,12-13H,3,6,11,20H2,1H3,(H,21,24);1H. The number of amides is 2. The smallest absolute Gasteiger partial charge is 0.251 e. The van der Waals surface area contributed by atoms with Crippen molar-refractivity contribution in [2.24, 2.45) is 0 Å². The van der Waals surface area contributed by atoms with E-state index in [1.807, 2.05) is 31.2 Å². The number of rotatable bonds is 4. The van der Waals surface area contributed by atoms with Crippen LogP contribution < -0.4 is 16.0 Å². The van der Waals surface area contributed by atoms with Crippen molar-refractivity contribution in [1.82, 2.24) is 5.32 Å². The molecule has 132 valence electrons. The maximum absolute atomic E-state index is 12.3. The van der Waals surface area contributed by atoms with E-state index in [9.17, 15) is 9.59 Å². The molecule has 0 spiro atoms. The second kappa shape index (κ2) is 8.03. The number of carbonyl (C=O) groups excluding carboxylic acids is 2. The quantitative estimate of drug-likeness (QED) is 0.822. The lowest BCUT2D eigenvalue weighted by molar-refractivity contribution is -0.117. The molecule has 0 saturated carbocycles. The molecule has 2 aromatic carbocycles. The summed E-state index contributed by atoms with van der Waals surface area (Å²) in [4.78, 5) is 25.9. The molecule has 1 heterocycles. The van der Waals surface area contributed by atoms with Crippen LogP contribution in [0.2, 0.25) is 0 Å². The summed E-state index contributed by atoms with van der Waals surface area (Å²) in [7, 11) is 0. The maximum atomic E-state index is 12.3. The van der Waals surface area contributed by atoms with Crippen molar-refractivity contribution in [3.05, 3.63) is 59.7 Å². The van der Waals surface area contributed by atoms with Gasteiger partial charge in [-0.1, -0.05) is 18.2 Å². The van der Waals surface area contributed by atoms with E-state index in [0.29, 0.717) is 17.7 Å². The zero-order chi connectivity index (χ0) is 17.1. The van der Waals surface area contributed by atoms with Crippen LogP contribution in [-0.4, -0.2) is 18.4 Å². The minimum Gasteiger partial charge on any atom is -0.399 e. The van der Waals surface area contributed by atoms with Crippen LogP contribution in [0, 0.1) is 0 Å². The van der Waals surface area contributed by atoms with Gasteiger partial charge in [-0.2, -0.15) is 0 Å². The van der Waals surface area contributed by atoms with Crippen molar-refractivity contribution < 1.29 is 9.59 Å². The van der Waals surface area contributed by atoms with Crippen LogP contribution in [-0.2, 0) is 4.79 Å². The molecule has 3 rings (SSSR count). The topological polar surface area (TPSA) is 75.4 Å². The Morgan fingerprint density at radius 2 is 1.92 bits per heavy atom. The van der Waals surface area contributed by atoms with Crippen LogP contribution in [0.5, 0.6) is 0 Å². The molecule has 1 aliphatic rings. The number of carbonyl (C=O) groups is 2. The fraction of sp³-hybridized carbons (Fsp3) is 0.263. The molecule has 5 nitrogen and oxygen atoms in total. The summed E-state index contributed by atoms with van der Waals surface area (Å²) in [6, 6.07) is 14.5. The average Bonchev–Trinajstić information content (AvgIpc) is 3.01. The second-order valence-corrected chi connectivity index (χ2v) is 6.06. The summed E-state index contributed by atoms with van der Waals surface area (Å²) in [5.41, 5.74) is 8.72. The predicted molar refractivity (Wildman–Crippen MR) is 102 cm³/mol. The molecule has 1 fully saturated rings. The number of nitrogens with zero attached hydrogens (tertiary/aromatic N) is 1. The third-order valence-corrected chi connectivity index (χ3v) is 4.27. The lowest BCUT2D eigenvalue weighted by Crippen LogP contribution is -2.27. The highest BCUT2D eigenvalue weighted by molar-refractivity contribution is 5.96. The molecule has 1 saturated heterocycles. The van der Waals surface area contributed by atoms with E-state index in [4.69, 9.17) is 5.73 Å². The van der Waals surface area contributed by atoms with Crippen LogP contribution in [0.25, 0.3) is 0 Å². The maximum Gasteiger partial charge on any atom is 0.251 e. The lowest BCUT2D eigenvalue weighted by Gasteiger charge is -2.18. The van der Waals surface area contributed by atoms with Crippen LogP contribution in [0.1, 0.15) is 41.7 Å². The lowest BCUT2D eigenvalue weighted by atomic mass is 10.1. The molecule has 0 aromatic heterocycles. The SMILES string of the molecule is CC(NC(=O)c1cccc(N)c1)c1ccc(N2CCCC2=O)cc1.Cl. The Hall–Kier alpha value is -2.53. The highest BCUT2D eigenvalue weighted by Crippen LogP contribution is 2.23. The predicted octanol–water partition coefficient (Wildman–Crippen LogP) is 3.31. The van der Waals surface area contributed by atoms with Gasteiger partial charge in [0.05, 0.1) is 6.04 Å². The van der Waals surface area contributed by atoms with Crippen molar-refractivity contribution in [2.45, 2.75) is 25.8 Å². The first-order valence-corrected chi connectivity index (χ1v) is 8.11. The van der Waals surface area contributed by atoms with Gasteiger partial charge in [0.2, 0.25) is 5.91 Å². The molecular weight excluding hydrogens is 338 g/mol. The molecule has 2 amide bonds. The van der Waals surface area contributed by atoms with Gasteiger partial charge >= 0.3 is 0 Å². The zero-order valence-corrected chi connectivity index (χ0v) is 14.9. The van der Waals surface area contributed by atoms with E-state index >= 15 is 0 Å². The van der Waals surface area contributed by atoms with Crippen molar-refractivity contribution in [1.29, 1.82) is 0 Å². The van der Waals surface area contributed by atoms with Gasteiger partial charge in [-0.15, -0.1) is 12.4 Å². The Morgan fingerprint density at radius 1 is 1.20 bits per heavy atom. The average molecular weight is 360 g/mol. The summed E-state index contributed by atoms with van der Waals surface area (Å²) in [5.74, 6) is 0.0133. The monoisotopic (exact) mass is 359 g/mol. The van der Waals surface area contributed by atoms with Gasteiger partial charge < -0.3 is 16.0 Å². The van der Waals surface area contributed by atoms with Crippen molar-refractivity contribution >= 4 is 35.6 Å². The first-order chi connectivity index (χ1) is 11.5. The number of nitrogens with two attached hydrogens (primary N) is 1. The van der Waals surface area contributed by atoms with E-state index in [2.05, 4.69) is 5.32 Å². The molecule has 2 aromatic rings. The molecule has 0 radical (unpaired) electrons. The van der Waals surface area contributed by atoms with Gasteiger partial charge in [-0.25, -0.2) is 0 Å². The highest BCUT2D eigenvalue weighted by Gasteiger charge is 2.21. The van der Waals surface area contributed by atoms with Crippen molar-refractivity contribution in [3.8, 4) is 0 Å². The van der Waals surface area contributed by atoms with Gasteiger partial charge in [0.25, 0.3) is 5.91 Å². The summed E-state index contributed by atoms with van der Waals surface area (Å²) >= 11 is 0. The normalized spacial score (nSPS) is 14.8. The molecule has 0 aliphatic carbocycles. The second-order valence-electron chi connectivity index (χ2n) is 6.06. The molecular formula is C19H22ClN3O2. The highest BCUT2D eigenvalue weighted by atomic mass is 35.5. The third kappa shape index (κ3) is 4.31. The van der Waals surface area contributed by atoms with Crippen LogP contribution in [0.4, 0.5) is 11.4 Å². The largest absolute Gasteiger partial charge is 0.399 e. The van der Waals surface area contributed by atoms with E-state index in [1.54, 1.807) is 29.2 Å². The minimum atomic E-state index is -0.159. The first-order valence-electron chi connectivity index (χ1n) is 8.11. The molecule has 1 unspecified atom stereocenters. The fourth-order valence-electron chi connectivity index (χ4n) is 2.91. The molecule has 25 heavy (non-hydrogen) atoms. The van der Waals surface area contributed by atoms with Crippen molar-refractivity contribution in [2.75, 3.05) is 17.2 Å².